The predicted octanol–water partition coefficient (Wildman–Crippen LogP) is 1.69. The summed E-state index contributed by atoms with van der Waals surface area (Å²) < 4.78 is 26.7. The highest BCUT2D eigenvalue weighted by atomic mass is 35.5. The SMILES string of the molecule is CC1CC(C)CN(S(=O)(=O)c2cnc(NN)c(Cl)c2)C1. The highest BCUT2D eigenvalue weighted by Gasteiger charge is 2.32. The molecule has 1 aromatic heterocycles. The van der Waals surface area contributed by atoms with Gasteiger partial charge in [0.15, 0.2) is 5.82 Å². The van der Waals surface area contributed by atoms with Gasteiger partial charge in [-0.15, -0.1) is 0 Å². The molecule has 0 spiro atoms. The fraction of sp³-hybridized carbons (Fsp3) is 0.583. The minimum Gasteiger partial charge on any atom is -0.307 e. The lowest BCUT2D eigenvalue weighted by Gasteiger charge is -2.34. The van der Waals surface area contributed by atoms with E-state index >= 15 is 0 Å². The molecule has 0 aromatic carbocycles. The molecule has 2 heterocycles. The average molecular weight is 319 g/mol. The Morgan fingerprint density at radius 3 is 2.50 bits per heavy atom. The van der Waals surface area contributed by atoms with Crippen molar-refractivity contribution in [1.82, 2.24) is 9.29 Å². The maximum Gasteiger partial charge on any atom is 0.244 e. The van der Waals surface area contributed by atoms with Gasteiger partial charge in [0.2, 0.25) is 10.0 Å². The molecule has 2 unspecified atom stereocenters. The molecule has 1 aromatic rings. The van der Waals surface area contributed by atoms with Gasteiger partial charge in [0.05, 0.1) is 5.02 Å². The van der Waals surface area contributed by atoms with Crippen LogP contribution >= 0.6 is 11.6 Å². The van der Waals surface area contributed by atoms with E-state index in [1.807, 2.05) is 0 Å². The first-order chi connectivity index (χ1) is 9.34. The molecule has 1 saturated heterocycles. The van der Waals surface area contributed by atoms with Crippen molar-refractivity contribution in [3.05, 3.63) is 17.3 Å². The number of halogens is 1. The molecule has 1 aliphatic rings. The first-order valence-corrected chi connectivity index (χ1v) is 8.28. The van der Waals surface area contributed by atoms with Crippen molar-refractivity contribution in [3.63, 3.8) is 0 Å². The van der Waals surface area contributed by atoms with Gasteiger partial charge >= 0.3 is 0 Å². The van der Waals surface area contributed by atoms with Gasteiger partial charge in [0, 0.05) is 19.3 Å². The van der Waals surface area contributed by atoms with Crippen LogP contribution < -0.4 is 11.3 Å². The Morgan fingerprint density at radius 2 is 2.00 bits per heavy atom. The molecular weight excluding hydrogens is 300 g/mol. The Morgan fingerprint density at radius 1 is 1.40 bits per heavy atom. The minimum absolute atomic E-state index is 0.0998. The Bertz CT molecular complexity index is 583. The van der Waals surface area contributed by atoms with Gasteiger partial charge in [-0.2, -0.15) is 4.31 Å². The second-order valence-corrected chi connectivity index (χ2v) is 7.76. The number of anilines is 1. The molecule has 6 nitrogen and oxygen atoms in total. The zero-order valence-corrected chi connectivity index (χ0v) is 13.1. The van der Waals surface area contributed by atoms with E-state index in [1.54, 1.807) is 0 Å². The average Bonchev–Trinajstić information content (AvgIpc) is 2.37. The number of nitrogens with zero attached hydrogens (tertiary/aromatic N) is 2. The Balaban J connectivity index is 2.32. The van der Waals surface area contributed by atoms with E-state index in [9.17, 15) is 8.42 Å². The summed E-state index contributed by atoms with van der Waals surface area (Å²) in [6, 6.07) is 1.38. The number of sulfonamides is 1. The van der Waals surface area contributed by atoms with Gasteiger partial charge in [0.1, 0.15) is 4.90 Å². The normalized spacial score (nSPS) is 24.6. The predicted molar refractivity (Wildman–Crippen MR) is 78.8 cm³/mol. The number of pyridine rings is 1. The fourth-order valence-electron chi connectivity index (χ4n) is 2.62. The van der Waals surface area contributed by atoms with Crippen LogP contribution in [0.5, 0.6) is 0 Å². The van der Waals surface area contributed by atoms with E-state index in [4.69, 9.17) is 17.4 Å². The summed E-state index contributed by atoms with van der Waals surface area (Å²) in [5.41, 5.74) is 2.32. The molecule has 0 amide bonds. The number of hydrogen-bond acceptors (Lipinski definition) is 5. The van der Waals surface area contributed by atoms with Gasteiger partial charge in [0.25, 0.3) is 0 Å². The number of aromatic nitrogens is 1. The highest BCUT2D eigenvalue weighted by molar-refractivity contribution is 7.89. The van der Waals surface area contributed by atoms with Crippen LogP contribution in [0.1, 0.15) is 20.3 Å². The number of piperidine rings is 1. The zero-order valence-electron chi connectivity index (χ0n) is 11.5. The summed E-state index contributed by atoms with van der Waals surface area (Å²) in [7, 11) is -3.56. The molecule has 2 rings (SSSR count). The molecule has 8 heteroatoms. The molecule has 0 aliphatic carbocycles. The highest BCUT2D eigenvalue weighted by Crippen LogP contribution is 2.28. The molecule has 0 bridgehead atoms. The molecule has 0 radical (unpaired) electrons. The van der Waals surface area contributed by atoms with Crippen LogP contribution in [0, 0.1) is 11.8 Å². The monoisotopic (exact) mass is 318 g/mol. The minimum atomic E-state index is -3.56. The third-order valence-electron chi connectivity index (χ3n) is 3.43. The molecule has 2 atom stereocenters. The van der Waals surface area contributed by atoms with E-state index in [2.05, 4.69) is 24.3 Å². The van der Waals surface area contributed by atoms with Gasteiger partial charge in [-0.05, 0) is 24.3 Å². The third kappa shape index (κ3) is 3.06. The summed E-state index contributed by atoms with van der Waals surface area (Å²) in [4.78, 5) is 4.02. The molecule has 112 valence electrons. The number of nitrogens with one attached hydrogen (secondary N) is 1. The smallest absolute Gasteiger partial charge is 0.244 e. The number of hydrogen-bond donors (Lipinski definition) is 2. The zero-order chi connectivity index (χ0) is 14.9. The first-order valence-electron chi connectivity index (χ1n) is 6.47. The molecule has 1 fully saturated rings. The maximum absolute atomic E-state index is 12.6. The largest absolute Gasteiger partial charge is 0.307 e. The molecule has 3 N–H and O–H groups in total. The number of rotatable bonds is 3. The lowest BCUT2D eigenvalue weighted by atomic mass is 9.94. The van der Waals surface area contributed by atoms with Crippen LogP contribution in [-0.2, 0) is 10.0 Å². The van der Waals surface area contributed by atoms with Crippen molar-refractivity contribution in [2.75, 3.05) is 18.5 Å². The third-order valence-corrected chi connectivity index (χ3v) is 5.51. The van der Waals surface area contributed by atoms with Crippen molar-refractivity contribution in [2.45, 2.75) is 25.2 Å². The Hall–Kier alpha value is -0.890. The molecule has 1 aliphatic heterocycles. The fourth-order valence-corrected chi connectivity index (χ4v) is 4.56. The Labute approximate surface area is 124 Å². The second kappa shape index (κ2) is 5.85. The van der Waals surface area contributed by atoms with E-state index in [0.717, 1.165) is 6.42 Å². The van der Waals surface area contributed by atoms with Crippen molar-refractivity contribution in [2.24, 2.45) is 17.7 Å². The van der Waals surface area contributed by atoms with Crippen molar-refractivity contribution >= 4 is 27.4 Å². The van der Waals surface area contributed by atoms with Gasteiger partial charge < -0.3 is 5.43 Å². The van der Waals surface area contributed by atoms with Gasteiger partial charge in [-0.3, -0.25) is 0 Å². The van der Waals surface area contributed by atoms with Gasteiger partial charge in [-0.25, -0.2) is 19.2 Å². The molecular formula is C12H19ClN4O2S. The summed E-state index contributed by atoms with van der Waals surface area (Å²) in [5.74, 6) is 6.19. The second-order valence-electron chi connectivity index (χ2n) is 5.41. The lowest BCUT2D eigenvalue weighted by Crippen LogP contribution is -2.42. The topological polar surface area (TPSA) is 88.3 Å². The quantitative estimate of drug-likeness (QED) is 0.654. The van der Waals surface area contributed by atoms with Crippen LogP contribution in [0.3, 0.4) is 0 Å². The maximum atomic E-state index is 12.6. The van der Waals surface area contributed by atoms with Gasteiger partial charge in [-0.1, -0.05) is 25.4 Å². The molecule has 20 heavy (non-hydrogen) atoms. The van der Waals surface area contributed by atoms with Crippen LogP contribution in [-0.4, -0.2) is 30.8 Å². The standard InChI is InChI=1S/C12H19ClN4O2S/c1-8-3-9(2)7-17(6-8)20(18,19)10-4-11(13)12(16-14)15-5-10/h4-5,8-9H,3,6-7,14H2,1-2H3,(H,15,16). The Kier molecular flexibility index (Phi) is 4.53. The van der Waals surface area contributed by atoms with Crippen molar-refractivity contribution in [3.8, 4) is 0 Å². The van der Waals surface area contributed by atoms with Crippen LogP contribution in [0.15, 0.2) is 17.2 Å². The number of nitrogen functional groups attached to an aromatic ring is 1. The lowest BCUT2D eigenvalue weighted by molar-refractivity contribution is 0.222. The van der Waals surface area contributed by atoms with E-state index < -0.39 is 10.0 Å². The van der Waals surface area contributed by atoms with Crippen LogP contribution in [0.25, 0.3) is 0 Å². The van der Waals surface area contributed by atoms with Crippen LogP contribution in [0.4, 0.5) is 5.82 Å². The van der Waals surface area contributed by atoms with Crippen molar-refractivity contribution < 1.29 is 8.42 Å². The molecule has 0 saturated carbocycles. The summed E-state index contributed by atoms with van der Waals surface area (Å²) >= 11 is 5.94. The summed E-state index contributed by atoms with van der Waals surface area (Å²) in [6.07, 6.45) is 2.32. The number of hydrazine groups is 1. The van der Waals surface area contributed by atoms with E-state index in [-0.39, 0.29) is 15.7 Å². The number of nitrogens with two attached hydrogens (primary N) is 1. The first kappa shape index (κ1) is 15.5. The van der Waals surface area contributed by atoms with E-state index in [1.165, 1.54) is 16.6 Å². The van der Waals surface area contributed by atoms with Crippen LogP contribution in [0.2, 0.25) is 5.02 Å². The van der Waals surface area contributed by atoms with Crippen molar-refractivity contribution in [1.29, 1.82) is 0 Å². The summed E-state index contributed by atoms with van der Waals surface area (Å²) in [5, 5.41) is 0.187. The van der Waals surface area contributed by atoms with E-state index in [0.29, 0.717) is 24.9 Å². The summed E-state index contributed by atoms with van der Waals surface area (Å²) in [6.45, 7) is 5.18.